The molecule has 23 heavy (non-hydrogen) atoms. The van der Waals surface area contributed by atoms with E-state index in [0.717, 1.165) is 13.0 Å². The average molecular weight is 359 g/mol. The van der Waals surface area contributed by atoms with Gasteiger partial charge in [0.05, 0.1) is 28.8 Å². The van der Waals surface area contributed by atoms with Gasteiger partial charge in [-0.3, -0.25) is 14.5 Å². The number of carbonyl (C=O) groups is 2. The second-order valence-corrected chi connectivity index (χ2v) is 6.11. The summed E-state index contributed by atoms with van der Waals surface area (Å²) in [5.41, 5.74) is 0.415. The van der Waals surface area contributed by atoms with Gasteiger partial charge in [-0.2, -0.15) is 0 Å². The van der Waals surface area contributed by atoms with Crippen molar-refractivity contribution in [3.63, 3.8) is 0 Å². The summed E-state index contributed by atoms with van der Waals surface area (Å²) in [6.07, 6.45) is 0.795. The van der Waals surface area contributed by atoms with Crippen molar-refractivity contribution >= 4 is 35.1 Å². The van der Waals surface area contributed by atoms with E-state index in [0.29, 0.717) is 36.8 Å². The highest BCUT2D eigenvalue weighted by molar-refractivity contribution is 6.43. The Bertz CT molecular complexity index is 580. The summed E-state index contributed by atoms with van der Waals surface area (Å²) >= 11 is 12.1. The minimum Gasteiger partial charge on any atom is -0.465 e. The lowest BCUT2D eigenvalue weighted by molar-refractivity contribution is -0.144. The predicted molar refractivity (Wildman–Crippen MR) is 90.1 cm³/mol. The molecule has 5 nitrogen and oxygen atoms in total. The van der Waals surface area contributed by atoms with Crippen LogP contribution in [0.15, 0.2) is 18.2 Å². The second-order valence-electron chi connectivity index (χ2n) is 5.33. The Morgan fingerprint density at radius 3 is 2.70 bits per heavy atom. The number of hydrogen-bond acceptors (Lipinski definition) is 4. The molecule has 1 aliphatic heterocycles. The second kappa shape index (κ2) is 8.52. The molecule has 0 atom stereocenters. The normalized spacial score (nSPS) is 16.0. The molecule has 1 aromatic rings. The number of amides is 1. The van der Waals surface area contributed by atoms with Crippen LogP contribution < -0.4 is 0 Å². The highest BCUT2D eigenvalue weighted by Gasteiger charge is 2.23. The van der Waals surface area contributed by atoms with Gasteiger partial charge < -0.3 is 9.64 Å². The predicted octanol–water partition coefficient (Wildman–Crippen LogP) is 2.70. The quantitative estimate of drug-likeness (QED) is 0.776. The number of halogens is 2. The number of nitrogens with zero attached hydrogens (tertiary/aromatic N) is 2. The number of ether oxygens (including phenoxy) is 1. The van der Waals surface area contributed by atoms with Crippen LogP contribution in [0.25, 0.3) is 0 Å². The van der Waals surface area contributed by atoms with Gasteiger partial charge in [0.2, 0.25) is 0 Å². The van der Waals surface area contributed by atoms with E-state index in [1.54, 1.807) is 30.0 Å². The van der Waals surface area contributed by atoms with Gasteiger partial charge in [0.25, 0.3) is 5.91 Å². The molecule has 1 aliphatic rings. The van der Waals surface area contributed by atoms with Crippen molar-refractivity contribution in [3.8, 4) is 0 Å². The van der Waals surface area contributed by atoms with E-state index < -0.39 is 0 Å². The van der Waals surface area contributed by atoms with Gasteiger partial charge in [0.15, 0.2) is 0 Å². The maximum atomic E-state index is 12.6. The molecule has 1 heterocycles. The third-order valence-electron chi connectivity index (χ3n) is 3.72. The number of hydrogen-bond donors (Lipinski definition) is 0. The molecule has 1 fully saturated rings. The summed E-state index contributed by atoms with van der Waals surface area (Å²) in [6, 6.07) is 5.05. The third kappa shape index (κ3) is 4.83. The van der Waals surface area contributed by atoms with E-state index in [-0.39, 0.29) is 23.4 Å². The Kier molecular flexibility index (Phi) is 6.69. The molecule has 0 N–H and O–H groups in total. The largest absolute Gasteiger partial charge is 0.465 e. The van der Waals surface area contributed by atoms with Crippen LogP contribution >= 0.6 is 23.2 Å². The molecule has 7 heteroatoms. The van der Waals surface area contributed by atoms with E-state index >= 15 is 0 Å². The summed E-state index contributed by atoms with van der Waals surface area (Å²) in [7, 11) is 0. The summed E-state index contributed by atoms with van der Waals surface area (Å²) < 4.78 is 4.96. The SMILES string of the molecule is CCOC(=O)CN1CCCN(C(=O)c2cccc(Cl)c2Cl)CC1. The van der Waals surface area contributed by atoms with Crippen molar-refractivity contribution in [3.05, 3.63) is 33.8 Å². The molecule has 0 spiro atoms. The molecule has 0 aromatic heterocycles. The molecule has 0 radical (unpaired) electrons. The Hall–Kier alpha value is -1.30. The van der Waals surface area contributed by atoms with Crippen LogP contribution in [0.2, 0.25) is 10.0 Å². The van der Waals surface area contributed by atoms with Gasteiger partial charge >= 0.3 is 5.97 Å². The van der Waals surface area contributed by atoms with Gasteiger partial charge in [0, 0.05) is 26.2 Å². The molecule has 2 rings (SSSR count). The van der Waals surface area contributed by atoms with E-state index in [2.05, 4.69) is 0 Å². The summed E-state index contributed by atoms with van der Waals surface area (Å²) in [6.45, 7) is 4.98. The van der Waals surface area contributed by atoms with Gasteiger partial charge in [-0.25, -0.2) is 0 Å². The van der Waals surface area contributed by atoms with E-state index in [9.17, 15) is 9.59 Å². The van der Waals surface area contributed by atoms with Crippen LogP contribution in [0.4, 0.5) is 0 Å². The van der Waals surface area contributed by atoms with Crippen LogP contribution in [0.3, 0.4) is 0 Å². The lowest BCUT2D eigenvalue weighted by Crippen LogP contribution is -2.37. The van der Waals surface area contributed by atoms with Crippen LogP contribution in [-0.2, 0) is 9.53 Å². The van der Waals surface area contributed by atoms with Gasteiger partial charge in [-0.15, -0.1) is 0 Å². The van der Waals surface area contributed by atoms with E-state index in [1.807, 2.05) is 4.90 Å². The van der Waals surface area contributed by atoms with Crippen molar-refractivity contribution in [1.29, 1.82) is 0 Å². The lowest BCUT2D eigenvalue weighted by Gasteiger charge is -2.22. The van der Waals surface area contributed by atoms with Crippen LogP contribution in [0.1, 0.15) is 23.7 Å². The minimum atomic E-state index is -0.231. The van der Waals surface area contributed by atoms with Gasteiger partial charge in [-0.05, 0) is 25.5 Å². The lowest BCUT2D eigenvalue weighted by atomic mass is 10.2. The fourth-order valence-electron chi connectivity index (χ4n) is 2.56. The zero-order chi connectivity index (χ0) is 16.8. The van der Waals surface area contributed by atoms with E-state index in [4.69, 9.17) is 27.9 Å². The number of benzene rings is 1. The van der Waals surface area contributed by atoms with E-state index in [1.165, 1.54) is 0 Å². The molecule has 0 bridgehead atoms. The van der Waals surface area contributed by atoms with Crippen LogP contribution in [0, 0.1) is 0 Å². The first kappa shape index (κ1) is 18.0. The Balaban J connectivity index is 1.98. The van der Waals surface area contributed by atoms with Crippen molar-refractivity contribution in [1.82, 2.24) is 9.80 Å². The smallest absolute Gasteiger partial charge is 0.320 e. The summed E-state index contributed by atoms with van der Waals surface area (Å²) in [5, 5.41) is 0.656. The monoisotopic (exact) mass is 358 g/mol. The zero-order valence-electron chi connectivity index (χ0n) is 13.1. The number of esters is 1. The first-order valence-electron chi connectivity index (χ1n) is 7.64. The molecular weight excluding hydrogens is 339 g/mol. The topological polar surface area (TPSA) is 49.9 Å². The standard InChI is InChI=1S/C16H20Cl2N2O3/c1-2-23-14(21)11-19-7-4-8-20(10-9-19)16(22)12-5-3-6-13(17)15(12)18/h3,5-6H,2,4,7-11H2,1H3. The van der Waals surface area contributed by atoms with Crippen molar-refractivity contribution in [2.24, 2.45) is 0 Å². The molecule has 0 unspecified atom stereocenters. The minimum absolute atomic E-state index is 0.129. The summed E-state index contributed by atoms with van der Waals surface area (Å²) in [4.78, 5) is 28.0. The molecule has 0 aliphatic carbocycles. The summed E-state index contributed by atoms with van der Waals surface area (Å²) in [5.74, 6) is -0.361. The Morgan fingerprint density at radius 1 is 1.17 bits per heavy atom. The van der Waals surface area contributed by atoms with Crippen molar-refractivity contribution < 1.29 is 14.3 Å². The van der Waals surface area contributed by atoms with Crippen molar-refractivity contribution in [2.45, 2.75) is 13.3 Å². The van der Waals surface area contributed by atoms with Gasteiger partial charge in [0.1, 0.15) is 0 Å². The highest BCUT2D eigenvalue weighted by atomic mass is 35.5. The van der Waals surface area contributed by atoms with Crippen LogP contribution in [0.5, 0.6) is 0 Å². The number of carbonyl (C=O) groups excluding carboxylic acids is 2. The molecule has 1 aromatic carbocycles. The number of rotatable bonds is 4. The highest BCUT2D eigenvalue weighted by Crippen LogP contribution is 2.26. The average Bonchev–Trinajstić information content (AvgIpc) is 2.75. The molecular formula is C16H20Cl2N2O3. The molecule has 1 amide bonds. The molecule has 1 saturated heterocycles. The maximum Gasteiger partial charge on any atom is 0.320 e. The zero-order valence-corrected chi connectivity index (χ0v) is 14.6. The first-order valence-corrected chi connectivity index (χ1v) is 8.39. The Labute approximate surface area is 146 Å². The maximum absolute atomic E-state index is 12.6. The van der Waals surface area contributed by atoms with Gasteiger partial charge in [-0.1, -0.05) is 29.3 Å². The van der Waals surface area contributed by atoms with Crippen LogP contribution in [-0.4, -0.2) is 61.0 Å². The molecule has 0 saturated carbocycles. The fraction of sp³-hybridized carbons (Fsp3) is 0.500. The molecule has 126 valence electrons. The first-order chi connectivity index (χ1) is 11.0. The van der Waals surface area contributed by atoms with Crippen molar-refractivity contribution in [2.75, 3.05) is 39.3 Å². The fourth-order valence-corrected chi connectivity index (χ4v) is 2.94. The third-order valence-corrected chi connectivity index (χ3v) is 4.53. The Morgan fingerprint density at radius 2 is 1.96 bits per heavy atom.